The smallest absolute Gasteiger partial charge is 0.240 e. The summed E-state index contributed by atoms with van der Waals surface area (Å²) in [4.78, 5) is 29.1. The quantitative estimate of drug-likeness (QED) is 0.611. The molecule has 3 heterocycles. The minimum Gasteiger partial charge on any atom is -0.383 e. The summed E-state index contributed by atoms with van der Waals surface area (Å²) in [6.07, 6.45) is 0. The van der Waals surface area contributed by atoms with Crippen LogP contribution in [0.5, 0.6) is 0 Å². The fraction of sp³-hybridized carbons (Fsp3) is 0.625. The number of rotatable bonds is 6. The lowest BCUT2D eigenvalue weighted by Gasteiger charge is -2.28. The number of hydrogen-bond acceptors (Lipinski definition) is 6. The van der Waals surface area contributed by atoms with Crippen molar-refractivity contribution >= 4 is 40.7 Å². The summed E-state index contributed by atoms with van der Waals surface area (Å²) in [5.74, 6) is 0.754. The van der Waals surface area contributed by atoms with Gasteiger partial charge in [-0.1, -0.05) is 20.8 Å². The molecule has 33 heavy (non-hydrogen) atoms. The number of amides is 2. The van der Waals surface area contributed by atoms with E-state index >= 15 is 0 Å². The first-order valence-electron chi connectivity index (χ1n) is 11.2. The van der Waals surface area contributed by atoms with Crippen LogP contribution in [-0.4, -0.2) is 54.2 Å². The minimum absolute atomic E-state index is 0.0178. The van der Waals surface area contributed by atoms with Crippen LogP contribution in [0, 0.1) is 6.92 Å². The molecule has 7 nitrogen and oxygen atoms in total. The fourth-order valence-corrected chi connectivity index (χ4v) is 6.36. The van der Waals surface area contributed by atoms with E-state index in [0.29, 0.717) is 18.9 Å². The van der Waals surface area contributed by atoms with Gasteiger partial charge in [0.25, 0.3) is 0 Å². The van der Waals surface area contributed by atoms with Crippen LogP contribution in [0.4, 0.5) is 5.82 Å². The predicted molar refractivity (Wildman–Crippen MR) is 137 cm³/mol. The average molecular weight is 493 g/mol. The van der Waals surface area contributed by atoms with Crippen molar-refractivity contribution in [1.82, 2.24) is 15.1 Å². The summed E-state index contributed by atoms with van der Waals surface area (Å²) in [6.45, 7) is 15.6. The lowest BCUT2D eigenvalue weighted by atomic mass is 9.87. The molecule has 1 unspecified atom stereocenters. The molecular formula is C24H36N4O3S2. The number of hydrogen-bond donors (Lipinski definition) is 1. The highest BCUT2D eigenvalue weighted by Crippen LogP contribution is 2.50. The third-order valence-electron chi connectivity index (χ3n) is 5.50. The van der Waals surface area contributed by atoms with Crippen LogP contribution in [-0.2, 0) is 25.3 Å². The molecule has 0 spiro atoms. The Hall–Kier alpha value is -1.84. The van der Waals surface area contributed by atoms with E-state index in [4.69, 9.17) is 9.84 Å². The number of nitrogens with one attached hydrogen (secondary N) is 1. The monoisotopic (exact) mass is 492 g/mol. The van der Waals surface area contributed by atoms with Crippen LogP contribution in [0.3, 0.4) is 0 Å². The molecule has 3 rings (SSSR count). The van der Waals surface area contributed by atoms with Gasteiger partial charge in [0, 0.05) is 29.5 Å². The van der Waals surface area contributed by atoms with Crippen molar-refractivity contribution in [2.24, 2.45) is 0 Å². The van der Waals surface area contributed by atoms with Gasteiger partial charge in [-0.2, -0.15) is 5.10 Å². The summed E-state index contributed by atoms with van der Waals surface area (Å²) in [7, 11) is 1.59. The zero-order valence-corrected chi connectivity index (χ0v) is 22.6. The standard InChI is InChI=1S/C24H36N4O3S2/c1-15-9-12-32-19(15)20-18-21(23(2,3)4)26-28(24(5,6)7)22(18)27(17(30)14-33-20)13-16(29)25-10-11-31-8/h9,12,20H,10-11,13-14H2,1-8H3,(H,25,29). The van der Waals surface area contributed by atoms with Gasteiger partial charge in [-0.3, -0.25) is 14.5 Å². The third kappa shape index (κ3) is 5.46. The number of thiophene rings is 1. The van der Waals surface area contributed by atoms with E-state index < -0.39 is 0 Å². The van der Waals surface area contributed by atoms with E-state index in [1.807, 2.05) is 4.68 Å². The van der Waals surface area contributed by atoms with Crippen molar-refractivity contribution in [3.8, 4) is 0 Å². The van der Waals surface area contributed by atoms with Crippen molar-refractivity contribution in [3.05, 3.63) is 33.1 Å². The maximum atomic E-state index is 13.4. The van der Waals surface area contributed by atoms with Crippen LogP contribution in [0.2, 0.25) is 0 Å². The zero-order chi connectivity index (χ0) is 24.6. The molecule has 1 N–H and O–H groups in total. The van der Waals surface area contributed by atoms with E-state index in [2.05, 4.69) is 65.2 Å². The van der Waals surface area contributed by atoms with Crippen molar-refractivity contribution in [2.75, 3.05) is 37.5 Å². The molecule has 0 aliphatic carbocycles. The number of nitrogens with zero attached hydrogens (tertiary/aromatic N) is 3. The highest BCUT2D eigenvalue weighted by molar-refractivity contribution is 8.00. The number of aromatic nitrogens is 2. The molecule has 2 aromatic rings. The molecule has 2 aromatic heterocycles. The number of thioether (sulfide) groups is 1. The number of carbonyl (C=O) groups excluding carboxylic acids is 2. The van der Waals surface area contributed by atoms with Gasteiger partial charge in [0.2, 0.25) is 11.8 Å². The Morgan fingerprint density at radius 3 is 2.52 bits per heavy atom. The van der Waals surface area contributed by atoms with Gasteiger partial charge >= 0.3 is 0 Å². The molecule has 0 radical (unpaired) electrons. The Morgan fingerprint density at radius 2 is 1.97 bits per heavy atom. The predicted octanol–water partition coefficient (Wildman–Crippen LogP) is 4.24. The van der Waals surface area contributed by atoms with Crippen molar-refractivity contribution in [1.29, 1.82) is 0 Å². The van der Waals surface area contributed by atoms with Crippen LogP contribution < -0.4 is 10.2 Å². The molecule has 182 valence electrons. The summed E-state index contributed by atoms with van der Waals surface area (Å²) in [5, 5.41) is 10.0. The molecule has 0 fully saturated rings. The highest BCUT2D eigenvalue weighted by atomic mass is 32.2. The van der Waals surface area contributed by atoms with E-state index in [9.17, 15) is 9.59 Å². The van der Waals surface area contributed by atoms with E-state index in [1.165, 1.54) is 10.4 Å². The number of carbonyl (C=O) groups is 2. The molecule has 0 saturated carbocycles. The maximum Gasteiger partial charge on any atom is 0.240 e. The van der Waals surface area contributed by atoms with Crippen LogP contribution in [0.1, 0.15) is 68.5 Å². The number of methoxy groups -OCH3 is 1. The molecule has 0 aromatic carbocycles. The van der Waals surface area contributed by atoms with Crippen molar-refractivity contribution in [3.63, 3.8) is 0 Å². The number of ether oxygens (including phenoxy) is 1. The first-order valence-corrected chi connectivity index (χ1v) is 13.1. The molecule has 0 bridgehead atoms. The van der Waals surface area contributed by atoms with Gasteiger partial charge in [0.1, 0.15) is 12.4 Å². The molecule has 9 heteroatoms. The lowest BCUT2D eigenvalue weighted by molar-refractivity contribution is -0.123. The minimum atomic E-state index is -0.372. The fourth-order valence-electron chi connectivity index (χ4n) is 3.89. The van der Waals surface area contributed by atoms with Crippen LogP contribution in [0.15, 0.2) is 11.4 Å². The number of anilines is 1. The average Bonchev–Trinajstić information content (AvgIpc) is 3.28. The second-order valence-corrected chi connectivity index (χ2v) is 12.4. The van der Waals surface area contributed by atoms with Crippen LogP contribution >= 0.6 is 23.1 Å². The Labute approximate surface area is 205 Å². The van der Waals surface area contributed by atoms with Crippen molar-refractivity contribution in [2.45, 2.75) is 64.7 Å². The Kier molecular flexibility index (Phi) is 7.65. The third-order valence-corrected chi connectivity index (χ3v) is 7.96. The summed E-state index contributed by atoms with van der Waals surface area (Å²) >= 11 is 3.34. The van der Waals surface area contributed by atoms with E-state index in [0.717, 1.165) is 17.1 Å². The summed E-state index contributed by atoms with van der Waals surface area (Å²) in [6, 6.07) is 2.12. The van der Waals surface area contributed by atoms with E-state index in [1.54, 1.807) is 35.1 Å². The van der Waals surface area contributed by atoms with E-state index in [-0.39, 0.29) is 34.6 Å². The topological polar surface area (TPSA) is 76.5 Å². The van der Waals surface area contributed by atoms with Gasteiger partial charge in [-0.25, -0.2) is 4.68 Å². The SMILES string of the molecule is COCCNC(=O)CN1C(=O)CSC(c2sccc2C)c2c(C(C)(C)C)nn(C(C)(C)C)c21. The Morgan fingerprint density at radius 1 is 1.27 bits per heavy atom. The first-order chi connectivity index (χ1) is 15.4. The normalized spacial score (nSPS) is 17.2. The Balaban J connectivity index is 2.23. The summed E-state index contributed by atoms with van der Waals surface area (Å²) in [5.41, 5.74) is 2.62. The largest absolute Gasteiger partial charge is 0.383 e. The molecule has 1 atom stereocenters. The second kappa shape index (κ2) is 9.80. The second-order valence-electron chi connectivity index (χ2n) is 10.4. The molecular weight excluding hydrogens is 456 g/mol. The van der Waals surface area contributed by atoms with Crippen molar-refractivity contribution < 1.29 is 14.3 Å². The highest BCUT2D eigenvalue weighted by Gasteiger charge is 2.41. The maximum absolute atomic E-state index is 13.4. The summed E-state index contributed by atoms with van der Waals surface area (Å²) < 4.78 is 6.99. The first kappa shape index (κ1) is 25.8. The van der Waals surface area contributed by atoms with Gasteiger partial charge in [0.05, 0.1) is 28.8 Å². The Bertz CT molecular complexity index is 1010. The van der Waals surface area contributed by atoms with Gasteiger partial charge in [-0.05, 0) is 44.7 Å². The zero-order valence-electron chi connectivity index (χ0n) is 20.9. The molecule has 0 saturated heterocycles. The molecule has 1 aliphatic heterocycles. The van der Waals surface area contributed by atoms with Gasteiger partial charge in [-0.15, -0.1) is 23.1 Å². The van der Waals surface area contributed by atoms with Gasteiger partial charge < -0.3 is 10.1 Å². The molecule has 2 amide bonds. The molecule has 1 aliphatic rings. The van der Waals surface area contributed by atoms with Crippen LogP contribution in [0.25, 0.3) is 0 Å². The number of aryl methyl sites for hydroxylation is 1. The van der Waals surface area contributed by atoms with Gasteiger partial charge in [0.15, 0.2) is 0 Å². The lowest BCUT2D eigenvalue weighted by Crippen LogP contribution is -2.44. The number of fused-ring (bicyclic) bond motifs is 1.